The lowest BCUT2D eigenvalue weighted by Gasteiger charge is -2.42. The van der Waals surface area contributed by atoms with Crippen molar-refractivity contribution < 1.29 is 23.7 Å². The molecular weight excluding hydrogens is 564 g/mol. The molecule has 1 aliphatic rings. The van der Waals surface area contributed by atoms with Gasteiger partial charge >= 0.3 is 5.97 Å². The zero-order valence-corrected chi connectivity index (χ0v) is 25.3. The molecule has 11 heteroatoms. The second-order valence-electron chi connectivity index (χ2n) is 11.1. The fourth-order valence-corrected chi connectivity index (χ4v) is 7.38. The van der Waals surface area contributed by atoms with Gasteiger partial charge in [0.1, 0.15) is 22.3 Å². The van der Waals surface area contributed by atoms with Crippen molar-refractivity contribution in [2.45, 2.75) is 57.6 Å². The minimum atomic E-state index is -3.40. The number of para-hydroxylation sites is 1. The molecule has 9 nitrogen and oxygen atoms in total. The van der Waals surface area contributed by atoms with E-state index in [1.165, 1.54) is 0 Å². The summed E-state index contributed by atoms with van der Waals surface area (Å²) in [5.41, 5.74) is 3.46. The summed E-state index contributed by atoms with van der Waals surface area (Å²) in [6.07, 6.45) is 0.416. The summed E-state index contributed by atoms with van der Waals surface area (Å²) in [6, 6.07) is 16.3. The molecule has 5 rings (SSSR count). The molecule has 1 aliphatic heterocycles. The van der Waals surface area contributed by atoms with Gasteiger partial charge in [0.15, 0.2) is 0 Å². The Morgan fingerprint density at radius 3 is 2.63 bits per heavy atom. The van der Waals surface area contributed by atoms with E-state index in [-0.39, 0.29) is 19.2 Å². The number of carbonyl (C=O) groups is 1. The van der Waals surface area contributed by atoms with E-state index in [0.717, 1.165) is 22.2 Å². The lowest BCUT2D eigenvalue weighted by molar-refractivity contribution is -0.147. The van der Waals surface area contributed by atoms with Crippen molar-refractivity contribution in [2.75, 3.05) is 6.54 Å². The van der Waals surface area contributed by atoms with Crippen molar-refractivity contribution in [1.82, 2.24) is 19.3 Å². The van der Waals surface area contributed by atoms with Crippen LogP contribution >= 0.6 is 22.4 Å². The largest absolute Gasteiger partial charge is 0.487 e. The number of benzene rings is 3. The fourth-order valence-electron chi connectivity index (χ4n) is 5.58. The number of fused-ring (bicyclic) bond motifs is 2. The third-order valence-electron chi connectivity index (χ3n) is 8.07. The van der Waals surface area contributed by atoms with Gasteiger partial charge in [0, 0.05) is 24.5 Å². The predicted molar refractivity (Wildman–Crippen MR) is 161 cm³/mol. The third kappa shape index (κ3) is 5.19. The standard InChI is InChI=1S/C30H35ClN4O5S/c1-6-21-17-35(41(38,39)26-10-8-7-9-25(26)40-21)16-20-15-19(11-13-23(20)31)27(30(3,4)29(36)37)22-12-14-24-28(18(22)2)32-33-34(24)5/h7-15,21,27,38-39H,6,16-17H2,1-5H3,(H,36,37)/t21-,27+/m1/s1. The van der Waals surface area contributed by atoms with Crippen LogP contribution in [-0.4, -0.2) is 52.1 Å². The van der Waals surface area contributed by atoms with E-state index in [9.17, 15) is 19.0 Å². The number of rotatable bonds is 7. The molecule has 41 heavy (non-hydrogen) atoms. The van der Waals surface area contributed by atoms with Crippen LogP contribution in [0.1, 0.15) is 55.4 Å². The Kier molecular flexibility index (Phi) is 7.82. The molecule has 2 atom stereocenters. The zero-order valence-electron chi connectivity index (χ0n) is 23.7. The minimum absolute atomic E-state index is 0.131. The number of hydrogen-bond acceptors (Lipinski definition) is 7. The molecule has 0 aliphatic carbocycles. The molecule has 0 saturated carbocycles. The number of hydrogen-bond donors (Lipinski definition) is 3. The molecule has 0 saturated heterocycles. The van der Waals surface area contributed by atoms with Gasteiger partial charge in [-0.3, -0.25) is 13.9 Å². The van der Waals surface area contributed by atoms with Crippen LogP contribution in [0.5, 0.6) is 5.75 Å². The molecule has 0 radical (unpaired) electrons. The molecule has 3 aromatic carbocycles. The Morgan fingerprint density at radius 2 is 1.93 bits per heavy atom. The second kappa shape index (κ2) is 10.9. The van der Waals surface area contributed by atoms with Crippen LogP contribution in [-0.2, 0) is 18.4 Å². The van der Waals surface area contributed by atoms with Gasteiger partial charge in [0.05, 0.1) is 17.5 Å². The molecule has 2 heterocycles. The summed E-state index contributed by atoms with van der Waals surface area (Å²) in [5, 5.41) is 19.2. The Balaban J connectivity index is 1.61. The van der Waals surface area contributed by atoms with Crippen LogP contribution in [0.15, 0.2) is 59.5 Å². The number of carboxylic acids is 1. The number of carboxylic acid groups (broad SMARTS) is 1. The number of aromatic nitrogens is 3. The highest BCUT2D eigenvalue weighted by atomic mass is 35.5. The maximum atomic E-state index is 12.6. The highest BCUT2D eigenvalue weighted by Crippen LogP contribution is 2.57. The maximum absolute atomic E-state index is 12.6. The molecule has 0 amide bonds. The first-order valence-corrected chi connectivity index (χ1v) is 15.3. The average Bonchev–Trinajstić information content (AvgIpc) is 3.27. The summed E-state index contributed by atoms with van der Waals surface area (Å²) in [7, 11) is -1.58. The molecule has 4 aromatic rings. The van der Waals surface area contributed by atoms with E-state index < -0.39 is 28.1 Å². The first-order chi connectivity index (χ1) is 19.4. The number of nitrogens with zero attached hydrogens (tertiary/aromatic N) is 4. The van der Waals surface area contributed by atoms with E-state index in [0.29, 0.717) is 33.2 Å². The van der Waals surface area contributed by atoms with Gasteiger partial charge in [-0.15, -0.1) is 15.9 Å². The number of halogens is 1. The van der Waals surface area contributed by atoms with E-state index >= 15 is 0 Å². The SMILES string of the molecule is CC[C@@H]1CN(Cc2cc([C@@H](c3ccc4c(nnn4C)c3C)C(C)(C)C(=O)O)ccc2Cl)S(O)(O)c2ccccc2O1. The van der Waals surface area contributed by atoms with Gasteiger partial charge in [-0.1, -0.05) is 54.1 Å². The Morgan fingerprint density at radius 1 is 1.20 bits per heavy atom. The normalized spacial score (nSPS) is 18.8. The molecule has 0 fully saturated rings. The van der Waals surface area contributed by atoms with Crippen LogP contribution in [0, 0.1) is 12.3 Å². The summed E-state index contributed by atoms with van der Waals surface area (Å²) < 4.78 is 32.4. The molecule has 3 N–H and O–H groups in total. The number of ether oxygens (including phenoxy) is 1. The van der Waals surface area contributed by atoms with Crippen LogP contribution in [0.3, 0.4) is 0 Å². The molecule has 0 bridgehead atoms. The quantitative estimate of drug-likeness (QED) is 0.211. The zero-order chi connectivity index (χ0) is 29.7. The highest BCUT2D eigenvalue weighted by Gasteiger charge is 2.41. The summed E-state index contributed by atoms with van der Waals surface area (Å²) in [4.78, 5) is 13.0. The third-order valence-corrected chi connectivity index (χ3v) is 10.4. The van der Waals surface area contributed by atoms with E-state index in [4.69, 9.17) is 16.3 Å². The summed E-state index contributed by atoms with van der Waals surface area (Å²) in [5.74, 6) is -1.04. The maximum Gasteiger partial charge on any atom is 0.310 e. The average molecular weight is 599 g/mol. The van der Waals surface area contributed by atoms with Crippen LogP contribution < -0.4 is 4.74 Å². The topological polar surface area (TPSA) is 121 Å². The van der Waals surface area contributed by atoms with Gasteiger partial charge in [0.2, 0.25) is 0 Å². The van der Waals surface area contributed by atoms with Crippen molar-refractivity contribution in [1.29, 1.82) is 0 Å². The number of aryl methyl sites for hydroxylation is 2. The lowest BCUT2D eigenvalue weighted by atomic mass is 9.70. The van der Waals surface area contributed by atoms with Crippen molar-refractivity contribution in [3.63, 3.8) is 0 Å². The molecule has 1 aromatic heterocycles. The highest BCUT2D eigenvalue weighted by molar-refractivity contribution is 8.22. The first kappa shape index (κ1) is 29.3. The Labute approximate surface area is 246 Å². The smallest absolute Gasteiger partial charge is 0.310 e. The Bertz CT molecular complexity index is 1620. The van der Waals surface area contributed by atoms with Crippen molar-refractivity contribution >= 4 is 39.4 Å². The van der Waals surface area contributed by atoms with E-state index in [1.807, 2.05) is 51.2 Å². The minimum Gasteiger partial charge on any atom is -0.487 e. The van der Waals surface area contributed by atoms with Crippen molar-refractivity contribution in [3.8, 4) is 5.75 Å². The van der Waals surface area contributed by atoms with Crippen LogP contribution in [0.4, 0.5) is 0 Å². The molecule has 218 valence electrons. The monoisotopic (exact) mass is 598 g/mol. The van der Waals surface area contributed by atoms with Gasteiger partial charge in [0.25, 0.3) is 0 Å². The van der Waals surface area contributed by atoms with Gasteiger partial charge in [-0.05, 0) is 73.7 Å². The summed E-state index contributed by atoms with van der Waals surface area (Å²) in [6.45, 7) is 7.75. The second-order valence-corrected chi connectivity index (χ2v) is 13.5. The predicted octanol–water partition coefficient (Wildman–Crippen LogP) is 6.87. The Hall–Kier alpha value is -3.15. The van der Waals surface area contributed by atoms with Crippen molar-refractivity contribution in [2.24, 2.45) is 12.5 Å². The fraction of sp³-hybridized carbons (Fsp3) is 0.367. The lowest BCUT2D eigenvalue weighted by Crippen LogP contribution is -2.35. The molecule has 0 unspecified atom stereocenters. The molecule has 0 spiro atoms. The molecular formula is C30H35ClN4O5S. The van der Waals surface area contributed by atoms with Gasteiger partial charge in [-0.2, -0.15) is 4.31 Å². The van der Waals surface area contributed by atoms with Crippen LogP contribution in [0.2, 0.25) is 5.02 Å². The number of aliphatic carboxylic acids is 1. The van der Waals surface area contributed by atoms with Gasteiger partial charge in [-0.25, -0.2) is 4.68 Å². The van der Waals surface area contributed by atoms with Gasteiger partial charge < -0.3 is 9.84 Å². The first-order valence-electron chi connectivity index (χ1n) is 13.5. The van der Waals surface area contributed by atoms with E-state index in [2.05, 4.69) is 10.3 Å². The summed E-state index contributed by atoms with van der Waals surface area (Å²) >= 11 is 6.71. The van der Waals surface area contributed by atoms with Crippen LogP contribution in [0.25, 0.3) is 11.0 Å². The van der Waals surface area contributed by atoms with Crippen molar-refractivity contribution in [3.05, 3.63) is 81.9 Å². The van der Waals surface area contributed by atoms with E-state index in [1.54, 1.807) is 47.1 Å².